The number of aryl methyl sites for hydroxylation is 1. The van der Waals surface area contributed by atoms with Crippen LogP contribution in [0.4, 0.5) is 0 Å². The van der Waals surface area contributed by atoms with E-state index in [2.05, 4.69) is 56.8 Å². The molecule has 1 aromatic heterocycles. The first-order valence-corrected chi connectivity index (χ1v) is 6.39. The smallest absolute Gasteiger partial charge is 0.129 e. The molecule has 0 bridgehead atoms. The lowest BCUT2D eigenvalue weighted by Gasteiger charge is -2.19. The molecule has 0 amide bonds. The van der Waals surface area contributed by atoms with Gasteiger partial charge in [-0.1, -0.05) is 27.7 Å². The highest BCUT2D eigenvalue weighted by molar-refractivity contribution is 5.20. The van der Waals surface area contributed by atoms with E-state index in [1.807, 2.05) is 6.20 Å². The third kappa shape index (κ3) is 4.43. The average molecular weight is 235 g/mol. The Hall–Kier alpha value is -0.960. The second-order valence-corrected chi connectivity index (χ2v) is 5.84. The third-order valence-corrected chi connectivity index (χ3v) is 2.73. The Morgan fingerprint density at radius 3 is 2.47 bits per heavy atom. The SMILES string of the molecule is CCNC(C)c1cnc(CC(C)(C)C)nc1C. The molecule has 1 aromatic rings. The van der Waals surface area contributed by atoms with Crippen LogP contribution in [0.15, 0.2) is 6.20 Å². The Bertz CT molecular complexity index is 366. The fourth-order valence-corrected chi connectivity index (χ4v) is 1.93. The van der Waals surface area contributed by atoms with Crippen LogP contribution in [0.3, 0.4) is 0 Å². The molecule has 1 heterocycles. The fourth-order valence-electron chi connectivity index (χ4n) is 1.93. The van der Waals surface area contributed by atoms with Crippen LogP contribution in [0, 0.1) is 12.3 Å². The number of rotatable bonds is 4. The average Bonchev–Trinajstić information content (AvgIpc) is 2.15. The van der Waals surface area contributed by atoms with Crippen LogP contribution >= 0.6 is 0 Å². The second kappa shape index (κ2) is 5.58. The number of hydrogen-bond acceptors (Lipinski definition) is 3. The highest BCUT2D eigenvalue weighted by atomic mass is 14.9. The van der Waals surface area contributed by atoms with Crippen LogP contribution in [0.25, 0.3) is 0 Å². The van der Waals surface area contributed by atoms with Gasteiger partial charge in [-0.05, 0) is 25.8 Å². The molecule has 3 heteroatoms. The molecule has 1 N–H and O–H groups in total. The molecule has 1 rings (SSSR count). The summed E-state index contributed by atoms with van der Waals surface area (Å²) in [4.78, 5) is 9.09. The lowest BCUT2D eigenvalue weighted by Crippen LogP contribution is -2.20. The van der Waals surface area contributed by atoms with Crippen LogP contribution < -0.4 is 5.32 Å². The summed E-state index contributed by atoms with van der Waals surface area (Å²) in [6.45, 7) is 13.9. The van der Waals surface area contributed by atoms with E-state index in [1.54, 1.807) is 0 Å². The summed E-state index contributed by atoms with van der Waals surface area (Å²) < 4.78 is 0. The van der Waals surface area contributed by atoms with Gasteiger partial charge in [0.2, 0.25) is 0 Å². The molecule has 0 saturated heterocycles. The van der Waals surface area contributed by atoms with Crippen LogP contribution in [0.2, 0.25) is 0 Å². The van der Waals surface area contributed by atoms with Crippen molar-refractivity contribution in [2.75, 3.05) is 6.54 Å². The summed E-state index contributed by atoms with van der Waals surface area (Å²) in [7, 11) is 0. The van der Waals surface area contributed by atoms with Crippen molar-refractivity contribution in [1.29, 1.82) is 0 Å². The van der Waals surface area contributed by atoms with Crippen molar-refractivity contribution in [3.05, 3.63) is 23.3 Å². The first kappa shape index (κ1) is 14.1. The van der Waals surface area contributed by atoms with Crippen LogP contribution in [-0.2, 0) is 6.42 Å². The minimum Gasteiger partial charge on any atom is -0.310 e. The van der Waals surface area contributed by atoms with E-state index in [9.17, 15) is 0 Å². The van der Waals surface area contributed by atoms with E-state index in [1.165, 1.54) is 5.56 Å². The maximum absolute atomic E-state index is 4.61. The topological polar surface area (TPSA) is 37.8 Å². The Balaban J connectivity index is 2.86. The van der Waals surface area contributed by atoms with Crippen molar-refractivity contribution in [3.8, 4) is 0 Å². The largest absolute Gasteiger partial charge is 0.310 e. The molecule has 17 heavy (non-hydrogen) atoms. The molecule has 3 nitrogen and oxygen atoms in total. The number of nitrogens with zero attached hydrogens (tertiary/aromatic N) is 2. The lowest BCUT2D eigenvalue weighted by atomic mass is 9.92. The zero-order chi connectivity index (χ0) is 13.1. The quantitative estimate of drug-likeness (QED) is 0.871. The molecule has 0 aliphatic rings. The van der Waals surface area contributed by atoms with Gasteiger partial charge in [-0.15, -0.1) is 0 Å². The van der Waals surface area contributed by atoms with Gasteiger partial charge in [-0.2, -0.15) is 0 Å². The van der Waals surface area contributed by atoms with E-state index in [0.717, 1.165) is 24.5 Å². The number of hydrogen-bond donors (Lipinski definition) is 1. The lowest BCUT2D eigenvalue weighted by molar-refractivity contribution is 0.399. The summed E-state index contributed by atoms with van der Waals surface area (Å²) >= 11 is 0. The molecule has 0 radical (unpaired) electrons. The van der Waals surface area contributed by atoms with Crippen molar-refractivity contribution in [2.45, 2.75) is 54.0 Å². The van der Waals surface area contributed by atoms with Crippen molar-refractivity contribution >= 4 is 0 Å². The zero-order valence-corrected chi connectivity index (χ0v) is 12.0. The van der Waals surface area contributed by atoms with Gasteiger partial charge in [0, 0.05) is 29.9 Å². The molecule has 0 aromatic carbocycles. The molecule has 0 aliphatic carbocycles. The minimum atomic E-state index is 0.237. The molecular formula is C14H25N3. The molecule has 0 spiro atoms. The number of nitrogens with one attached hydrogen (secondary N) is 1. The number of aromatic nitrogens is 2. The monoisotopic (exact) mass is 235 g/mol. The van der Waals surface area contributed by atoms with Gasteiger partial charge in [-0.3, -0.25) is 0 Å². The molecule has 0 saturated carbocycles. The maximum Gasteiger partial charge on any atom is 0.129 e. The first-order chi connectivity index (χ1) is 7.83. The van der Waals surface area contributed by atoms with E-state index >= 15 is 0 Å². The zero-order valence-electron chi connectivity index (χ0n) is 12.0. The van der Waals surface area contributed by atoms with Gasteiger partial charge in [0.1, 0.15) is 5.82 Å². The van der Waals surface area contributed by atoms with Crippen molar-refractivity contribution in [1.82, 2.24) is 15.3 Å². The Morgan fingerprint density at radius 2 is 2.00 bits per heavy atom. The highest BCUT2D eigenvalue weighted by Gasteiger charge is 2.15. The summed E-state index contributed by atoms with van der Waals surface area (Å²) in [6.07, 6.45) is 2.89. The normalized spacial score (nSPS) is 13.8. The van der Waals surface area contributed by atoms with E-state index in [-0.39, 0.29) is 5.41 Å². The van der Waals surface area contributed by atoms with Gasteiger partial charge in [0.15, 0.2) is 0 Å². The predicted molar refractivity (Wildman–Crippen MR) is 72.0 cm³/mol. The van der Waals surface area contributed by atoms with Crippen molar-refractivity contribution in [3.63, 3.8) is 0 Å². The Morgan fingerprint density at radius 1 is 1.35 bits per heavy atom. The molecule has 0 aliphatic heterocycles. The molecule has 1 unspecified atom stereocenters. The van der Waals surface area contributed by atoms with E-state index in [0.29, 0.717) is 6.04 Å². The molecular weight excluding hydrogens is 210 g/mol. The van der Waals surface area contributed by atoms with E-state index < -0.39 is 0 Å². The first-order valence-electron chi connectivity index (χ1n) is 6.39. The van der Waals surface area contributed by atoms with E-state index in [4.69, 9.17) is 0 Å². The van der Waals surface area contributed by atoms with Gasteiger partial charge in [0.25, 0.3) is 0 Å². The molecule has 1 atom stereocenters. The maximum atomic E-state index is 4.61. The Kier molecular flexibility index (Phi) is 4.63. The standard InChI is InChI=1S/C14H25N3/c1-7-15-10(2)12-9-16-13(17-11(12)3)8-14(4,5)6/h9-10,15H,7-8H2,1-6H3. The van der Waals surface area contributed by atoms with Gasteiger partial charge in [0.05, 0.1) is 0 Å². The highest BCUT2D eigenvalue weighted by Crippen LogP contribution is 2.20. The minimum absolute atomic E-state index is 0.237. The molecule has 96 valence electrons. The third-order valence-electron chi connectivity index (χ3n) is 2.73. The predicted octanol–water partition coefficient (Wildman–Crippen LogP) is 3.04. The Labute approximate surface area is 105 Å². The van der Waals surface area contributed by atoms with Gasteiger partial charge in [-0.25, -0.2) is 9.97 Å². The van der Waals surface area contributed by atoms with Crippen LogP contribution in [-0.4, -0.2) is 16.5 Å². The second-order valence-electron chi connectivity index (χ2n) is 5.84. The summed E-state index contributed by atoms with van der Waals surface area (Å²) in [5, 5.41) is 3.39. The molecule has 0 fully saturated rings. The van der Waals surface area contributed by atoms with Crippen molar-refractivity contribution in [2.24, 2.45) is 5.41 Å². The van der Waals surface area contributed by atoms with Gasteiger partial charge >= 0.3 is 0 Å². The van der Waals surface area contributed by atoms with Gasteiger partial charge < -0.3 is 5.32 Å². The fraction of sp³-hybridized carbons (Fsp3) is 0.714. The van der Waals surface area contributed by atoms with Crippen molar-refractivity contribution < 1.29 is 0 Å². The van der Waals surface area contributed by atoms with Crippen LogP contribution in [0.5, 0.6) is 0 Å². The summed E-state index contributed by atoms with van der Waals surface area (Å²) in [6, 6.07) is 0.323. The summed E-state index contributed by atoms with van der Waals surface area (Å²) in [5.41, 5.74) is 2.53. The van der Waals surface area contributed by atoms with Crippen LogP contribution in [0.1, 0.15) is 57.7 Å². The summed E-state index contributed by atoms with van der Waals surface area (Å²) in [5.74, 6) is 0.947.